The molecular formula is C42H72N8O8. The second-order valence-electron chi connectivity index (χ2n) is 15.9. The van der Waals surface area contributed by atoms with Crippen molar-refractivity contribution >= 4 is 47.6 Å². The van der Waals surface area contributed by atoms with Gasteiger partial charge in [-0.3, -0.25) is 29.0 Å². The molecule has 3 rings (SSSR count). The Morgan fingerprint density at radius 3 is 1.38 bits per heavy atom. The summed E-state index contributed by atoms with van der Waals surface area (Å²) in [5.74, 6) is -0.893. The number of amides is 11. The molecule has 1 atom stereocenters. The fourth-order valence-electron chi connectivity index (χ4n) is 7.58. The summed E-state index contributed by atoms with van der Waals surface area (Å²) in [6.45, 7) is 3.44. The van der Waals surface area contributed by atoms with Crippen molar-refractivity contribution < 1.29 is 38.4 Å². The summed E-state index contributed by atoms with van der Waals surface area (Å²) < 4.78 is 0. The van der Waals surface area contributed by atoms with Gasteiger partial charge in [0.1, 0.15) is 5.78 Å². The molecule has 0 aromatic carbocycles. The smallest absolute Gasteiger partial charge is 0.325 e. The number of nitrogens with one attached hydrogen (secondary N) is 5. The van der Waals surface area contributed by atoms with Crippen molar-refractivity contribution in [3.63, 3.8) is 0 Å². The van der Waals surface area contributed by atoms with Crippen molar-refractivity contribution in [3.8, 4) is 0 Å². The normalized spacial score (nSPS) is 17.7. The van der Waals surface area contributed by atoms with Crippen LogP contribution in [0.2, 0.25) is 0 Å². The average molecular weight is 817 g/mol. The van der Waals surface area contributed by atoms with Crippen LogP contribution in [0, 0.1) is 5.92 Å². The molecule has 0 spiro atoms. The Morgan fingerprint density at radius 1 is 0.466 bits per heavy atom. The molecule has 16 nitrogen and oxygen atoms in total. The fraction of sp³-hybridized carbons (Fsp3) is 0.810. The second kappa shape index (κ2) is 29.0. The molecular weight excluding hydrogens is 745 g/mol. The predicted molar refractivity (Wildman–Crippen MR) is 221 cm³/mol. The van der Waals surface area contributed by atoms with E-state index in [0.29, 0.717) is 90.8 Å². The average Bonchev–Trinajstić information content (AvgIpc) is 3.67. The molecule has 0 radical (unpaired) electrons. The Bertz CT molecular complexity index is 1260. The van der Waals surface area contributed by atoms with E-state index in [9.17, 15) is 38.4 Å². The minimum atomic E-state index is -0.530. The summed E-state index contributed by atoms with van der Waals surface area (Å²) in [7, 11) is 0. The molecule has 58 heavy (non-hydrogen) atoms. The predicted octanol–water partition coefficient (Wildman–Crippen LogP) is 5.88. The van der Waals surface area contributed by atoms with E-state index in [1.165, 1.54) is 14.7 Å². The van der Waals surface area contributed by atoms with Crippen molar-refractivity contribution in [2.45, 2.75) is 161 Å². The molecule has 2 saturated heterocycles. The molecule has 2 aliphatic heterocycles. The monoisotopic (exact) mass is 817 g/mol. The van der Waals surface area contributed by atoms with Crippen molar-refractivity contribution in [1.29, 1.82) is 0 Å². The number of urea groups is 4. The van der Waals surface area contributed by atoms with Crippen LogP contribution in [0.25, 0.3) is 0 Å². The van der Waals surface area contributed by atoms with E-state index in [1.54, 1.807) is 0 Å². The quantitative estimate of drug-likeness (QED) is 0.0506. The number of likely N-dealkylation sites (tertiary alicyclic amines) is 2. The third-order valence-corrected chi connectivity index (χ3v) is 11.2. The van der Waals surface area contributed by atoms with Gasteiger partial charge in [0.05, 0.1) is 5.92 Å². The number of ketones is 1. The highest BCUT2D eigenvalue weighted by Gasteiger charge is 2.28. The molecule has 2 heterocycles. The SMILES string of the molecule is O=C1CCCCCC1C(=O)NCCCCCCN(C(=O)NCCCCCCNC(=O)N1CCCCCC1=O)C(=O)NCCCCCCNC(=O)N1CCCCCC1=O. The summed E-state index contributed by atoms with van der Waals surface area (Å²) in [6.07, 6.45) is 19.1. The van der Waals surface area contributed by atoms with Gasteiger partial charge in [0.2, 0.25) is 17.7 Å². The minimum Gasteiger partial charge on any atom is -0.355 e. The van der Waals surface area contributed by atoms with Gasteiger partial charge in [-0.05, 0) is 77.0 Å². The number of hydrogen-bond donors (Lipinski definition) is 5. The molecule has 3 aliphatic rings. The van der Waals surface area contributed by atoms with E-state index < -0.39 is 18.0 Å². The first kappa shape index (κ1) is 48.1. The van der Waals surface area contributed by atoms with Gasteiger partial charge in [0.25, 0.3) is 0 Å². The number of unbranched alkanes of at least 4 members (excludes halogenated alkanes) is 9. The van der Waals surface area contributed by atoms with E-state index in [0.717, 1.165) is 116 Å². The number of carbonyl (C=O) groups excluding carboxylic acids is 8. The number of carbonyl (C=O) groups is 8. The lowest BCUT2D eigenvalue weighted by Gasteiger charge is -2.22. The lowest BCUT2D eigenvalue weighted by molar-refractivity contribution is -0.134. The molecule has 1 aliphatic carbocycles. The molecule has 0 bridgehead atoms. The minimum absolute atomic E-state index is 0.0404. The molecule has 3 fully saturated rings. The number of Topliss-reactive ketones (excluding diaryl/α,β-unsaturated/α-hetero) is 1. The summed E-state index contributed by atoms with van der Waals surface area (Å²) in [4.78, 5) is 104. The standard InChI is InChI=1S/C42H72N8O8/c51-35-23-11-7-10-22-34(35)38(54)43-26-14-5-6-19-33-50(41(57)46-29-17-3-1-15-27-44-39(55)48-31-20-8-12-24-36(48)52)42(58)47-30-18-4-2-16-28-45-40(56)49-32-21-9-13-25-37(49)53/h34H,1-33H2,(H,43,54)(H,44,55)(H,45,56)(H,46,57)(H,47,58). The summed E-state index contributed by atoms with van der Waals surface area (Å²) in [5.41, 5.74) is 0. The van der Waals surface area contributed by atoms with Crippen LogP contribution in [0.1, 0.15) is 161 Å². The molecule has 1 saturated carbocycles. The van der Waals surface area contributed by atoms with Crippen molar-refractivity contribution in [2.24, 2.45) is 5.92 Å². The molecule has 1 unspecified atom stereocenters. The largest absolute Gasteiger partial charge is 0.355 e. The molecule has 16 heteroatoms. The zero-order valence-electron chi connectivity index (χ0n) is 35.0. The van der Waals surface area contributed by atoms with Crippen molar-refractivity contribution in [2.75, 3.05) is 52.4 Å². The van der Waals surface area contributed by atoms with Crippen LogP contribution >= 0.6 is 0 Å². The van der Waals surface area contributed by atoms with Crippen LogP contribution < -0.4 is 26.6 Å². The highest BCUT2D eigenvalue weighted by atomic mass is 16.2. The van der Waals surface area contributed by atoms with Gasteiger partial charge < -0.3 is 26.6 Å². The summed E-state index contributed by atoms with van der Waals surface area (Å²) in [6, 6.07) is -1.55. The van der Waals surface area contributed by atoms with Crippen LogP contribution in [0.3, 0.4) is 0 Å². The first-order chi connectivity index (χ1) is 28.2. The van der Waals surface area contributed by atoms with Crippen molar-refractivity contribution in [3.05, 3.63) is 0 Å². The van der Waals surface area contributed by atoms with Crippen molar-refractivity contribution in [1.82, 2.24) is 41.3 Å². The van der Waals surface area contributed by atoms with Gasteiger partial charge >= 0.3 is 24.1 Å². The zero-order chi connectivity index (χ0) is 41.8. The third kappa shape index (κ3) is 19.0. The van der Waals surface area contributed by atoms with Gasteiger partial charge in [0.15, 0.2) is 0 Å². The Morgan fingerprint density at radius 2 is 0.879 bits per heavy atom. The summed E-state index contributed by atoms with van der Waals surface area (Å²) in [5, 5.41) is 14.4. The lowest BCUT2D eigenvalue weighted by atomic mass is 9.98. The molecule has 0 aromatic rings. The van der Waals surface area contributed by atoms with E-state index in [1.807, 2.05) is 0 Å². The first-order valence-electron chi connectivity index (χ1n) is 22.5. The highest BCUT2D eigenvalue weighted by Crippen LogP contribution is 2.20. The molecule has 11 amide bonds. The van der Waals surface area contributed by atoms with E-state index in [2.05, 4.69) is 26.6 Å². The molecule has 0 aromatic heterocycles. The van der Waals surface area contributed by atoms with E-state index in [4.69, 9.17) is 0 Å². The lowest BCUT2D eigenvalue weighted by Crippen LogP contribution is -2.49. The maximum Gasteiger partial charge on any atom is 0.325 e. The van der Waals surface area contributed by atoms with Gasteiger partial charge in [-0.1, -0.05) is 64.2 Å². The van der Waals surface area contributed by atoms with Crippen LogP contribution in [0.5, 0.6) is 0 Å². The van der Waals surface area contributed by atoms with Crippen LogP contribution in [0.15, 0.2) is 0 Å². The van der Waals surface area contributed by atoms with Gasteiger partial charge in [-0.25, -0.2) is 24.1 Å². The van der Waals surface area contributed by atoms with E-state index in [-0.39, 0.29) is 42.1 Å². The Labute approximate surface area is 345 Å². The topological polar surface area (TPSA) is 206 Å². The maximum atomic E-state index is 13.2. The molecule has 328 valence electrons. The van der Waals surface area contributed by atoms with Crippen LogP contribution in [-0.4, -0.2) is 115 Å². The Kier molecular flexibility index (Phi) is 24.1. The summed E-state index contributed by atoms with van der Waals surface area (Å²) >= 11 is 0. The van der Waals surface area contributed by atoms with Crippen LogP contribution in [-0.2, 0) is 19.2 Å². The third-order valence-electron chi connectivity index (χ3n) is 11.2. The zero-order valence-corrected chi connectivity index (χ0v) is 35.0. The van der Waals surface area contributed by atoms with Gasteiger partial charge in [-0.15, -0.1) is 0 Å². The van der Waals surface area contributed by atoms with Gasteiger partial charge in [-0.2, -0.15) is 0 Å². The Hall–Kier alpha value is -4.24. The first-order valence-corrected chi connectivity index (χ1v) is 22.5. The van der Waals surface area contributed by atoms with Gasteiger partial charge in [0, 0.05) is 71.6 Å². The maximum absolute atomic E-state index is 13.2. The Balaban J connectivity index is 1.32. The highest BCUT2D eigenvalue weighted by molar-refractivity contribution is 6.01. The number of imide groups is 3. The number of nitrogens with zero attached hydrogens (tertiary/aromatic N) is 3. The second-order valence-corrected chi connectivity index (χ2v) is 15.9. The number of rotatable bonds is 22. The van der Waals surface area contributed by atoms with Crippen LogP contribution in [0.4, 0.5) is 19.2 Å². The fourth-order valence-corrected chi connectivity index (χ4v) is 7.58. The number of hydrogen-bond acceptors (Lipinski definition) is 8. The molecule has 5 N–H and O–H groups in total. The van der Waals surface area contributed by atoms with E-state index >= 15 is 0 Å².